The third kappa shape index (κ3) is 3.77. The summed E-state index contributed by atoms with van der Waals surface area (Å²) in [6.45, 7) is 5.67. The molecule has 0 heterocycles. The number of nitrogens with two attached hydrogens (primary N) is 1. The number of hydrogen-bond acceptors (Lipinski definition) is 2. The molecule has 1 aromatic carbocycles. The Balaban J connectivity index is 2.84. The van der Waals surface area contributed by atoms with E-state index in [0.29, 0.717) is 6.42 Å². The predicted molar refractivity (Wildman–Crippen MR) is 75.1 cm³/mol. The number of likely N-dealkylation sites (N-methyl/N-ethyl adjacent to an activating group) is 1. The van der Waals surface area contributed by atoms with E-state index >= 15 is 0 Å². The van der Waals surface area contributed by atoms with Gasteiger partial charge >= 0.3 is 0 Å². The third-order valence-electron chi connectivity index (χ3n) is 3.51. The summed E-state index contributed by atoms with van der Waals surface area (Å²) in [4.78, 5) is 14.0. The first-order chi connectivity index (χ1) is 8.79. The number of carbonyl (C=O) groups excluding carboxylic acids is 1. The molecule has 2 N–H and O–H groups in total. The highest BCUT2D eigenvalue weighted by atomic mass is 19.1. The van der Waals surface area contributed by atoms with Gasteiger partial charge in [0.05, 0.1) is 11.6 Å². The van der Waals surface area contributed by atoms with E-state index in [0.717, 1.165) is 12.0 Å². The van der Waals surface area contributed by atoms with Crippen LogP contribution in [0.15, 0.2) is 24.3 Å². The van der Waals surface area contributed by atoms with E-state index in [4.69, 9.17) is 5.73 Å². The molecule has 1 amide bonds. The van der Waals surface area contributed by atoms with Gasteiger partial charge in [-0.05, 0) is 38.0 Å². The summed E-state index contributed by atoms with van der Waals surface area (Å²) >= 11 is 0. The summed E-state index contributed by atoms with van der Waals surface area (Å²) in [7, 11) is 1.73. The van der Waals surface area contributed by atoms with Crippen molar-refractivity contribution >= 4 is 5.91 Å². The highest BCUT2D eigenvalue weighted by Crippen LogP contribution is 2.22. The minimum atomic E-state index is -0.849. The zero-order chi connectivity index (χ0) is 14.6. The Morgan fingerprint density at radius 3 is 2.42 bits per heavy atom. The third-order valence-corrected chi connectivity index (χ3v) is 3.51. The molecule has 0 saturated heterocycles. The van der Waals surface area contributed by atoms with E-state index < -0.39 is 5.54 Å². The van der Waals surface area contributed by atoms with Crippen LogP contribution in [0.1, 0.15) is 45.2 Å². The number of carbonyl (C=O) groups is 1. The first kappa shape index (κ1) is 15.6. The van der Waals surface area contributed by atoms with Gasteiger partial charge in [0.2, 0.25) is 5.91 Å². The number of hydrogen-bond donors (Lipinski definition) is 1. The van der Waals surface area contributed by atoms with Gasteiger partial charge in [0.15, 0.2) is 0 Å². The molecule has 0 saturated carbocycles. The first-order valence-corrected chi connectivity index (χ1v) is 6.61. The monoisotopic (exact) mass is 266 g/mol. The minimum Gasteiger partial charge on any atom is -0.337 e. The number of amides is 1. The summed E-state index contributed by atoms with van der Waals surface area (Å²) in [6.07, 6.45) is 1.50. The van der Waals surface area contributed by atoms with Crippen LogP contribution in [0, 0.1) is 5.82 Å². The molecular weight excluding hydrogens is 243 g/mol. The predicted octanol–water partition coefficient (Wildman–Crippen LogP) is 2.86. The first-order valence-electron chi connectivity index (χ1n) is 6.61. The van der Waals surface area contributed by atoms with Crippen LogP contribution >= 0.6 is 0 Å². The van der Waals surface area contributed by atoms with Crippen molar-refractivity contribution in [2.24, 2.45) is 5.73 Å². The number of halogens is 1. The lowest BCUT2D eigenvalue weighted by Gasteiger charge is -2.33. The van der Waals surface area contributed by atoms with Crippen molar-refractivity contribution in [3.05, 3.63) is 35.6 Å². The van der Waals surface area contributed by atoms with Crippen LogP contribution in [0.2, 0.25) is 0 Å². The Morgan fingerprint density at radius 2 is 1.95 bits per heavy atom. The minimum absolute atomic E-state index is 0.0915. The molecule has 0 spiro atoms. The van der Waals surface area contributed by atoms with Gasteiger partial charge < -0.3 is 10.6 Å². The summed E-state index contributed by atoms with van der Waals surface area (Å²) in [5.41, 5.74) is 6.10. The van der Waals surface area contributed by atoms with Crippen LogP contribution in [0.25, 0.3) is 0 Å². The lowest BCUT2D eigenvalue weighted by molar-refractivity contribution is -0.137. The molecule has 0 aliphatic carbocycles. The van der Waals surface area contributed by atoms with Crippen LogP contribution in [-0.4, -0.2) is 23.4 Å². The molecular formula is C15H23FN2O. The van der Waals surface area contributed by atoms with E-state index in [2.05, 4.69) is 0 Å². The molecule has 0 aromatic heterocycles. The van der Waals surface area contributed by atoms with Crippen LogP contribution in [-0.2, 0) is 4.79 Å². The Morgan fingerprint density at radius 1 is 1.42 bits per heavy atom. The summed E-state index contributed by atoms with van der Waals surface area (Å²) < 4.78 is 12.9. The Bertz CT molecular complexity index is 428. The van der Waals surface area contributed by atoms with Crippen molar-refractivity contribution in [1.82, 2.24) is 4.90 Å². The fourth-order valence-corrected chi connectivity index (χ4v) is 2.17. The zero-order valence-corrected chi connectivity index (χ0v) is 12.1. The van der Waals surface area contributed by atoms with E-state index in [1.165, 1.54) is 12.1 Å². The lowest BCUT2D eigenvalue weighted by atomic mass is 9.94. The van der Waals surface area contributed by atoms with Gasteiger partial charge in [-0.25, -0.2) is 4.39 Å². The highest BCUT2D eigenvalue weighted by Gasteiger charge is 2.32. The Hall–Kier alpha value is -1.42. The lowest BCUT2D eigenvalue weighted by Crippen LogP contribution is -2.52. The normalized spacial score (nSPS) is 15.7. The van der Waals surface area contributed by atoms with Crippen LogP contribution < -0.4 is 5.73 Å². The molecule has 0 aliphatic heterocycles. The number of benzene rings is 1. The Labute approximate surface area is 114 Å². The standard InChI is InChI=1S/C15H23FN2O/c1-5-10-15(3,17)14(19)18(4)11(2)12-6-8-13(16)9-7-12/h6-9,11H,5,10,17H2,1-4H3. The molecule has 0 radical (unpaired) electrons. The zero-order valence-electron chi connectivity index (χ0n) is 12.1. The molecule has 2 unspecified atom stereocenters. The van der Waals surface area contributed by atoms with Crippen molar-refractivity contribution in [1.29, 1.82) is 0 Å². The largest absolute Gasteiger partial charge is 0.337 e. The quantitative estimate of drug-likeness (QED) is 0.890. The van der Waals surface area contributed by atoms with E-state index in [1.54, 1.807) is 31.0 Å². The maximum atomic E-state index is 12.9. The maximum Gasteiger partial charge on any atom is 0.242 e. The van der Waals surface area contributed by atoms with Gasteiger partial charge in [-0.3, -0.25) is 4.79 Å². The molecule has 0 bridgehead atoms. The average molecular weight is 266 g/mol. The molecule has 1 aromatic rings. The maximum absolute atomic E-state index is 12.9. The summed E-state index contributed by atoms with van der Waals surface area (Å²) in [6, 6.07) is 6.05. The van der Waals surface area contributed by atoms with Gasteiger partial charge in [0.25, 0.3) is 0 Å². The van der Waals surface area contributed by atoms with Gasteiger partial charge in [0.1, 0.15) is 5.82 Å². The fourth-order valence-electron chi connectivity index (χ4n) is 2.17. The van der Waals surface area contributed by atoms with Crippen molar-refractivity contribution in [3.63, 3.8) is 0 Å². The molecule has 106 valence electrons. The van der Waals surface area contributed by atoms with E-state index in [9.17, 15) is 9.18 Å². The number of rotatable bonds is 5. The SMILES string of the molecule is CCCC(C)(N)C(=O)N(C)C(C)c1ccc(F)cc1. The van der Waals surface area contributed by atoms with Gasteiger partial charge in [-0.1, -0.05) is 25.5 Å². The van der Waals surface area contributed by atoms with Crippen LogP contribution in [0.4, 0.5) is 4.39 Å². The molecule has 0 aliphatic rings. The van der Waals surface area contributed by atoms with Gasteiger partial charge in [-0.15, -0.1) is 0 Å². The molecule has 0 fully saturated rings. The summed E-state index contributed by atoms with van der Waals surface area (Å²) in [5.74, 6) is -0.370. The second-order valence-electron chi connectivity index (χ2n) is 5.31. The average Bonchev–Trinajstić information content (AvgIpc) is 2.37. The highest BCUT2D eigenvalue weighted by molar-refractivity contribution is 5.85. The molecule has 19 heavy (non-hydrogen) atoms. The second-order valence-corrected chi connectivity index (χ2v) is 5.31. The smallest absolute Gasteiger partial charge is 0.242 e. The van der Waals surface area contributed by atoms with Gasteiger partial charge in [0, 0.05) is 7.05 Å². The molecule has 3 nitrogen and oxygen atoms in total. The van der Waals surface area contributed by atoms with E-state index in [-0.39, 0.29) is 17.8 Å². The van der Waals surface area contributed by atoms with Crippen LogP contribution in [0.5, 0.6) is 0 Å². The molecule has 4 heteroatoms. The van der Waals surface area contributed by atoms with Crippen molar-refractivity contribution in [2.75, 3.05) is 7.05 Å². The summed E-state index contributed by atoms with van der Waals surface area (Å²) in [5, 5.41) is 0. The topological polar surface area (TPSA) is 46.3 Å². The van der Waals surface area contributed by atoms with Crippen molar-refractivity contribution < 1.29 is 9.18 Å². The number of nitrogens with zero attached hydrogens (tertiary/aromatic N) is 1. The van der Waals surface area contributed by atoms with Crippen molar-refractivity contribution in [3.8, 4) is 0 Å². The fraction of sp³-hybridized carbons (Fsp3) is 0.533. The van der Waals surface area contributed by atoms with Crippen LogP contribution in [0.3, 0.4) is 0 Å². The Kier molecular flexibility index (Phi) is 5.06. The van der Waals surface area contributed by atoms with Crippen molar-refractivity contribution in [2.45, 2.75) is 45.2 Å². The molecule has 2 atom stereocenters. The second kappa shape index (κ2) is 6.15. The molecule has 1 rings (SSSR count). The van der Waals surface area contributed by atoms with Gasteiger partial charge in [-0.2, -0.15) is 0 Å². The van der Waals surface area contributed by atoms with E-state index in [1.807, 2.05) is 13.8 Å².